The van der Waals surface area contributed by atoms with Gasteiger partial charge >= 0.3 is 11.9 Å². The van der Waals surface area contributed by atoms with Gasteiger partial charge in [-0.05, 0) is 103 Å². The lowest BCUT2D eigenvalue weighted by Crippen LogP contribution is -2.68. The number of hydrogen-bond donors (Lipinski definition) is 7. The molecule has 6 fully saturated rings. The minimum absolute atomic E-state index is 0.112. The van der Waals surface area contributed by atoms with Crippen LogP contribution in [0, 0.1) is 50.2 Å². The summed E-state index contributed by atoms with van der Waals surface area (Å²) in [5.74, 6) is -1.42. The molecule has 18 atom stereocenters. The molecule has 0 bridgehead atoms. The number of hydrogen-bond acceptors (Lipinski definition) is 14. The van der Waals surface area contributed by atoms with Crippen LogP contribution in [0.3, 0.4) is 0 Å². The predicted octanol–water partition coefficient (Wildman–Crippen LogP) is 2.11. The molecule has 4 saturated carbocycles. The van der Waals surface area contributed by atoms with Gasteiger partial charge in [0.05, 0.1) is 25.9 Å². The standard InChI is InChI=1S/C42H66O14/c1-37(2)15-16-42(36(51)56-34-30(48)27(45)22(43)19-53-34)21(17-37)20-9-10-24-39(5)13-12-26(54-35-31(49)28(46)29(47)32(55-35)33(50)52-8)38(3,4)23(39)11-14-40(24,6)41(20,7)18-25(42)44/h9,21-32,34-35,43-49H,10-19H2,1-8H3/t21-,22+,23-,24+,25+,26-,27-,28-,29-,30+,31+,32-,34-,35+,39-,40+,41+,42+/m0/s1. The Morgan fingerprint density at radius 2 is 1.45 bits per heavy atom. The van der Waals surface area contributed by atoms with Crippen molar-refractivity contribution in [2.75, 3.05) is 13.7 Å². The van der Waals surface area contributed by atoms with Gasteiger partial charge in [0.15, 0.2) is 12.4 Å². The largest absolute Gasteiger partial charge is 0.467 e. The molecule has 2 heterocycles. The normalized spacial score (nSPS) is 52.2. The Morgan fingerprint density at radius 3 is 2.12 bits per heavy atom. The lowest BCUT2D eigenvalue weighted by Gasteiger charge is -2.71. The lowest BCUT2D eigenvalue weighted by atomic mass is 9.33. The van der Waals surface area contributed by atoms with Crippen molar-refractivity contribution in [1.82, 2.24) is 0 Å². The van der Waals surface area contributed by atoms with Crippen molar-refractivity contribution in [3.05, 3.63) is 11.6 Å². The first-order chi connectivity index (χ1) is 26.0. The molecule has 0 aromatic heterocycles. The van der Waals surface area contributed by atoms with Crippen LogP contribution in [0.1, 0.15) is 106 Å². The first-order valence-corrected chi connectivity index (χ1v) is 20.7. The fraction of sp³-hybridized carbons (Fsp3) is 0.905. The highest BCUT2D eigenvalue weighted by Crippen LogP contribution is 2.76. The minimum atomic E-state index is -1.67. The molecule has 0 aromatic rings. The van der Waals surface area contributed by atoms with Crippen LogP contribution in [-0.2, 0) is 33.3 Å². The zero-order valence-corrected chi connectivity index (χ0v) is 34.2. The van der Waals surface area contributed by atoms with Crippen LogP contribution in [-0.4, -0.2) is 129 Å². The summed E-state index contributed by atoms with van der Waals surface area (Å²) in [4.78, 5) is 26.9. The van der Waals surface area contributed by atoms with E-state index >= 15 is 0 Å². The van der Waals surface area contributed by atoms with Crippen LogP contribution in [0.15, 0.2) is 11.6 Å². The number of carbonyl (C=O) groups excluding carboxylic acids is 2. The molecule has 56 heavy (non-hydrogen) atoms. The van der Waals surface area contributed by atoms with Crippen molar-refractivity contribution < 1.29 is 69.0 Å². The Morgan fingerprint density at radius 1 is 0.768 bits per heavy atom. The van der Waals surface area contributed by atoms with Crippen LogP contribution in [0.5, 0.6) is 0 Å². The van der Waals surface area contributed by atoms with E-state index in [1.165, 1.54) is 5.57 Å². The molecule has 7 aliphatic rings. The van der Waals surface area contributed by atoms with Gasteiger partial charge in [-0.1, -0.05) is 60.1 Å². The quantitative estimate of drug-likeness (QED) is 0.120. The third-order valence-electron chi connectivity index (χ3n) is 17.0. The van der Waals surface area contributed by atoms with Crippen LogP contribution in [0.25, 0.3) is 0 Å². The van der Waals surface area contributed by atoms with Crippen LogP contribution in [0.2, 0.25) is 0 Å². The topological polar surface area (TPSA) is 222 Å². The molecular weight excluding hydrogens is 728 g/mol. The Balaban J connectivity index is 1.17. The van der Waals surface area contributed by atoms with E-state index in [1.807, 2.05) is 0 Å². The molecule has 0 aromatic carbocycles. The summed E-state index contributed by atoms with van der Waals surface area (Å²) in [5, 5.41) is 75.4. The molecule has 318 valence electrons. The van der Waals surface area contributed by atoms with Gasteiger partial charge in [0.1, 0.15) is 42.0 Å². The first-order valence-electron chi connectivity index (χ1n) is 20.7. The second kappa shape index (κ2) is 14.2. The maximum atomic E-state index is 14.5. The van der Waals surface area contributed by atoms with Crippen molar-refractivity contribution >= 4 is 11.9 Å². The van der Waals surface area contributed by atoms with Gasteiger partial charge in [-0.25, -0.2) is 4.79 Å². The smallest absolute Gasteiger partial charge is 0.337 e. The van der Waals surface area contributed by atoms with Crippen molar-refractivity contribution in [2.45, 2.75) is 174 Å². The molecule has 2 saturated heterocycles. The molecule has 2 aliphatic heterocycles. The average Bonchev–Trinajstić information content (AvgIpc) is 3.12. The molecule has 0 spiro atoms. The van der Waals surface area contributed by atoms with E-state index in [0.717, 1.165) is 32.8 Å². The van der Waals surface area contributed by atoms with E-state index in [-0.39, 0.29) is 46.7 Å². The third kappa shape index (κ3) is 6.09. The molecule has 0 amide bonds. The minimum Gasteiger partial charge on any atom is -0.467 e. The van der Waals surface area contributed by atoms with Gasteiger partial charge in [0.25, 0.3) is 0 Å². The van der Waals surface area contributed by atoms with Crippen LogP contribution >= 0.6 is 0 Å². The van der Waals surface area contributed by atoms with Gasteiger partial charge in [0, 0.05) is 0 Å². The van der Waals surface area contributed by atoms with Crippen molar-refractivity contribution in [2.24, 2.45) is 50.2 Å². The Labute approximate surface area is 329 Å². The summed E-state index contributed by atoms with van der Waals surface area (Å²) >= 11 is 0. The maximum Gasteiger partial charge on any atom is 0.337 e. The Bertz CT molecular complexity index is 1560. The molecule has 14 heteroatoms. The van der Waals surface area contributed by atoms with Crippen LogP contribution < -0.4 is 0 Å². The molecule has 5 aliphatic carbocycles. The number of methoxy groups -OCH3 is 1. The number of aliphatic hydroxyl groups is 7. The summed E-state index contributed by atoms with van der Waals surface area (Å²) in [6.45, 7) is 15.5. The van der Waals surface area contributed by atoms with Crippen LogP contribution in [0.4, 0.5) is 0 Å². The lowest BCUT2D eigenvalue weighted by molar-refractivity contribution is -0.324. The molecule has 0 unspecified atom stereocenters. The fourth-order valence-electron chi connectivity index (χ4n) is 13.5. The number of esters is 2. The number of carbonyl (C=O) groups is 2. The molecular formula is C42H66O14. The molecule has 7 rings (SSSR count). The van der Waals surface area contributed by atoms with Crippen molar-refractivity contribution in [3.63, 3.8) is 0 Å². The van der Waals surface area contributed by atoms with Crippen molar-refractivity contribution in [1.29, 1.82) is 0 Å². The van der Waals surface area contributed by atoms with E-state index < -0.39 is 89.6 Å². The third-order valence-corrected chi connectivity index (χ3v) is 17.0. The number of allylic oxidation sites excluding steroid dienone is 2. The Kier molecular flexibility index (Phi) is 10.8. The highest BCUT2D eigenvalue weighted by atomic mass is 16.7. The predicted molar refractivity (Wildman–Crippen MR) is 198 cm³/mol. The summed E-state index contributed by atoms with van der Waals surface area (Å²) in [7, 11) is 1.16. The zero-order chi connectivity index (χ0) is 41.1. The van der Waals surface area contributed by atoms with E-state index in [9.17, 15) is 45.3 Å². The van der Waals surface area contributed by atoms with Gasteiger partial charge < -0.3 is 59.4 Å². The second-order valence-electron chi connectivity index (χ2n) is 20.5. The van der Waals surface area contributed by atoms with Gasteiger partial charge in [0.2, 0.25) is 6.29 Å². The molecule has 14 nitrogen and oxygen atoms in total. The zero-order valence-electron chi connectivity index (χ0n) is 34.2. The van der Waals surface area contributed by atoms with Gasteiger partial charge in [-0.15, -0.1) is 0 Å². The van der Waals surface area contributed by atoms with E-state index in [0.29, 0.717) is 32.1 Å². The SMILES string of the molecule is COC(=O)[C@H]1O[C@@H](O[C@H]2CC[C@]3(C)[C@H]4CC=C5[C@@H]6CC(C)(C)CC[C@]6(C(=O)O[C@@H]6OC[C@@H](O)[C@H](O)[C@H]6O)[C@H](O)C[C@@]5(C)[C@]4(C)CC[C@H]3C2(C)C)[C@H](O)[C@@H](O)[C@@H]1O. The number of fused-ring (bicyclic) bond motifs is 7. The van der Waals surface area contributed by atoms with E-state index in [1.54, 1.807) is 0 Å². The number of ether oxygens (including phenoxy) is 5. The summed E-state index contributed by atoms with van der Waals surface area (Å²) in [6, 6.07) is 0. The number of rotatable bonds is 5. The highest BCUT2D eigenvalue weighted by Gasteiger charge is 2.72. The Hall–Kier alpha value is -1.72. The summed E-state index contributed by atoms with van der Waals surface area (Å²) in [5.41, 5.74) is -1.46. The van der Waals surface area contributed by atoms with E-state index in [2.05, 4.69) is 54.5 Å². The molecule has 7 N–H and O–H groups in total. The van der Waals surface area contributed by atoms with Crippen molar-refractivity contribution in [3.8, 4) is 0 Å². The monoisotopic (exact) mass is 794 g/mol. The van der Waals surface area contributed by atoms with Gasteiger partial charge in [-0.2, -0.15) is 0 Å². The van der Waals surface area contributed by atoms with E-state index in [4.69, 9.17) is 23.7 Å². The summed E-state index contributed by atoms with van der Waals surface area (Å²) in [6.07, 6.45) is -6.70. The average molecular weight is 795 g/mol. The fourth-order valence-corrected chi connectivity index (χ4v) is 13.5. The first kappa shape index (κ1) is 42.4. The summed E-state index contributed by atoms with van der Waals surface area (Å²) < 4.78 is 28.4. The maximum absolute atomic E-state index is 14.5. The number of aliphatic hydroxyl groups excluding tert-OH is 7. The molecule has 0 radical (unpaired) electrons. The second-order valence-corrected chi connectivity index (χ2v) is 20.5. The highest BCUT2D eigenvalue weighted by molar-refractivity contribution is 5.80. The van der Waals surface area contributed by atoms with Gasteiger partial charge in [-0.3, -0.25) is 4.79 Å².